The number of halogens is 1. The monoisotopic (exact) mass is 553 g/mol. The third kappa shape index (κ3) is 7.61. The lowest BCUT2D eigenvalue weighted by Crippen LogP contribution is -2.36. The van der Waals surface area contributed by atoms with E-state index in [0.717, 1.165) is 54.5 Å². The third-order valence-corrected chi connectivity index (χ3v) is 7.35. The largest absolute Gasteiger partial charge is 0.463 e. The molecule has 6 nitrogen and oxygen atoms in total. The lowest BCUT2D eigenvalue weighted by Gasteiger charge is -2.30. The number of carbonyl (C=O) groups excluding carboxylic acids is 2. The maximum absolute atomic E-state index is 14.8. The molecule has 1 saturated carbocycles. The van der Waals surface area contributed by atoms with Crippen LogP contribution in [0.4, 0.5) is 21.5 Å². The fourth-order valence-corrected chi connectivity index (χ4v) is 5.20. The molecule has 1 fully saturated rings. The van der Waals surface area contributed by atoms with Crippen LogP contribution in [-0.4, -0.2) is 32.6 Å². The van der Waals surface area contributed by atoms with Gasteiger partial charge in [-0.25, -0.2) is 14.0 Å². The van der Waals surface area contributed by atoms with Crippen LogP contribution < -0.4 is 9.80 Å². The maximum atomic E-state index is 14.8. The number of esters is 1. The van der Waals surface area contributed by atoms with Crippen molar-refractivity contribution in [2.45, 2.75) is 45.6 Å². The lowest BCUT2D eigenvalue weighted by atomic mass is 9.88. The molecule has 1 aliphatic rings. The van der Waals surface area contributed by atoms with Gasteiger partial charge in [-0.05, 0) is 78.4 Å². The van der Waals surface area contributed by atoms with Gasteiger partial charge in [0.05, 0.1) is 13.2 Å². The number of carbonyl (C=O) groups is 2. The average Bonchev–Trinajstić information content (AvgIpc) is 2.98. The molecule has 0 atom stereocenters. The van der Waals surface area contributed by atoms with E-state index in [2.05, 4.69) is 4.85 Å². The number of benzene rings is 3. The van der Waals surface area contributed by atoms with E-state index in [9.17, 15) is 14.0 Å². The van der Waals surface area contributed by atoms with Gasteiger partial charge in [0.15, 0.2) is 5.69 Å². The minimum atomic E-state index is -0.517. The highest BCUT2D eigenvalue weighted by atomic mass is 19.1. The van der Waals surface area contributed by atoms with Gasteiger partial charge in [0, 0.05) is 44.0 Å². The van der Waals surface area contributed by atoms with Crippen molar-refractivity contribution in [2.75, 3.05) is 30.5 Å². The summed E-state index contributed by atoms with van der Waals surface area (Å²) in [7, 11) is 3.96. The van der Waals surface area contributed by atoms with Gasteiger partial charge in [0.25, 0.3) is 0 Å². The maximum Gasteiger partial charge on any atom is 0.330 e. The highest BCUT2D eigenvalue weighted by molar-refractivity contribution is 5.96. The molecule has 41 heavy (non-hydrogen) atoms. The Morgan fingerprint density at radius 3 is 2.39 bits per heavy atom. The van der Waals surface area contributed by atoms with Crippen molar-refractivity contribution in [1.82, 2.24) is 0 Å². The van der Waals surface area contributed by atoms with Crippen molar-refractivity contribution >= 4 is 35.0 Å². The van der Waals surface area contributed by atoms with Gasteiger partial charge in [-0.2, -0.15) is 0 Å². The summed E-state index contributed by atoms with van der Waals surface area (Å²) in [6, 6.07) is 18.0. The van der Waals surface area contributed by atoms with Crippen molar-refractivity contribution in [2.24, 2.45) is 5.92 Å². The zero-order chi connectivity index (χ0) is 29.4. The minimum absolute atomic E-state index is 0.0525. The van der Waals surface area contributed by atoms with Gasteiger partial charge in [-0.3, -0.25) is 4.79 Å². The second-order valence-corrected chi connectivity index (χ2v) is 10.5. The Balaban J connectivity index is 1.68. The van der Waals surface area contributed by atoms with Crippen molar-refractivity contribution < 1.29 is 18.7 Å². The first-order valence-electron chi connectivity index (χ1n) is 14.0. The summed E-state index contributed by atoms with van der Waals surface area (Å²) < 4.78 is 19.7. The fourth-order valence-electron chi connectivity index (χ4n) is 5.20. The Bertz CT molecular complexity index is 1450. The quantitative estimate of drug-likeness (QED) is 0.154. The molecule has 0 aromatic heterocycles. The smallest absolute Gasteiger partial charge is 0.330 e. The van der Waals surface area contributed by atoms with Crippen LogP contribution in [0.1, 0.15) is 50.2 Å². The molecule has 0 unspecified atom stereocenters. The normalized spacial score (nSPS) is 13.5. The predicted octanol–water partition coefficient (Wildman–Crippen LogP) is 7.80. The molecule has 0 heterocycles. The Labute approximate surface area is 241 Å². The summed E-state index contributed by atoms with van der Waals surface area (Å²) in [6.45, 7) is 10.00. The Kier molecular flexibility index (Phi) is 9.91. The minimum Gasteiger partial charge on any atom is -0.463 e. The Morgan fingerprint density at radius 1 is 1.00 bits per heavy atom. The van der Waals surface area contributed by atoms with Crippen LogP contribution in [0.5, 0.6) is 0 Å². The van der Waals surface area contributed by atoms with Gasteiger partial charge in [-0.1, -0.05) is 49.6 Å². The molecule has 0 bridgehead atoms. The standard InChI is InChI=1S/C34H36FN3O3/c1-5-41-33(39)18-12-24-19-28(35)22-30(20-24)38(34(40)27-9-7-6-8-10-27)23-25-11-17-31(32(21-25)36-2)26-13-15-29(16-14-26)37(3)4/h11-22,27H,5-10,23H2,1,3-4H3/b18-12+. The SMILES string of the molecule is [C-]#[N+]c1cc(CN(C(=O)C2CCCCC2)c2cc(F)cc(/C=C/C(=O)OCC)c2)ccc1-c1ccc(N(C)C)cc1. The van der Waals surface area contributed by atoms with Gasteiger partial charge in [0.2, 0.25) is 5.91 Å². The molecule has 1 amide bonds. The second-order valence-electron chi connectivity index (χ2n) is 10.5. The molecular weight excluding hydrogens is 517 g/mol. The number of amides is 1. The first kappa shape index (κ1) is 29.5. The van der Waals surface area contributed by atoms with E-state index in [4.69, 9.17) is 11.3 Å². The number of hydrogen-bond acceptors (Lipinski definition) is 4. The molecule has 212 valence electrons. The summed E-state index contributed by atoms with van der Waals surface area (Å²) in [5, 5.41) is 0. The molecule has 3 aromatic rings. The molecule has 0 radical (unpaired) electrons. The Hall–Kier alpha value is -4.44. The van der Waals surface area contributed by atoms with Crippen molar-refractivity contribution in [3.8, 4) is 11.1 Å². The predicted molar refractivity (Wildman–Crippen MR) is 162 cm³/mol. The van der Waals surface area contributed by atoms with E-state index in [1.54, 1.807) is 17.9 Å². The summed E-state index contributed by atoms with van der Waals surface area (Å²) >= 11 is 0. The van der Waals surface area contributed by atoms with E-state index in [1.165, 1.54) is 24.3 Å². The van der Waals surface area contributed by atoms with Gasteiger partial charge < -0.3 is 14.5 Å². The highest BCUT2D eigenvalue weighted by Crippen LogP contribution is 2.34. The van der Waals surface area contributed by atoms with Gasteiger partial charge in [-0.15, -0.1) is 0 Å². The first-order chi connectivity index (χ1) is 19.8. The molecular formula is C34H36FN3O3. The van der Waals surface area contributed by atoms with Crippen LogP contribution in [0.3, 0.4) is 0 Å². The van der Waals surface area contributed by atoms with E-state index >= 15 is 0 Å². The number of hydrogen-bond donors (Lipinski definition) is 0. The van der Waals surface area contributed by atoms with Crippen LogP contribution in [0.2, 0.25) is 0 Å². The number of ether oxygens (including phenoxy) is 1. The summed E-state index contributed by atoms with van der Waals surface area (Å²) in [4.78, 5) is 33.1. The lowest BCUT2D eigenvalue weighted by molar-refractivity contribution is -0.137. The van der Waals surface area contributed by atoms with E-state index in [0.29, 0.717) is 16.9 Å². The van der Waals surface area contributed by atoms with Crippen molar-refractivity contribution in [1.29, 1.82) is 0 Å². The molecule has 0 spiro atoms. The Morgan fingerprint density at radius 2 is 1.73 bits per heavy atom. The van der Waals surface area contributed by atoms with E-state index < -0.39 is 11.8 Å². The van der Waals surface area contributed by atoms with Crippen LogP contribution in [0.25, 0.3) is 22.0 Å². The molecule has 0 saturated heterocycles. The molecule has 0 aliphatic heterocycles. The molecule has 1 aliphatic carbocycles. The molecule has 4 rings (SSSR count). The highest BCUT2D eigenvalue weighted by Gasteiger charge is 2.28. The third-order valence-electron chi connectivity index (χ3n) is 7.35. The molecule has 7 heteroatoms. The van der Waals surface area contributed by atoms with Crippen molar-refractivity contribution in [3.63, 3.8) is 0 Å². The zero-order valence-electron chi connectivity index (χ0n) is 23.9. The topological polar surface area (TPSA) is 54.2 Å². The van der Waals surface area contributed by atoms with Crippen LogP contribution in [0, 0.1) is 18.3 Å². The number of rotatable bonds is 9. The fraction of sp³-hybridized carbons (Fsp3) is 0.324. The molecule has 3 aromatic carbocycles. The summed E-state index contributed by atoms with van der Waals surface area (Å²) in [6.07, 6.45) is 7.43. The van der Waals surface area contributed by atoms with Crippen LogP contribution >= 0.6 is 0 Å². The number of anilines is 2. The average molecular weight is 554 g/mol. The zero-order valence-corrected chi connectivity index (χ0v) is 23.9. The van der Waals surface area contributed by atoms with Gasteiger partial charge >= 0.3 is 5.97 Å². The summed E-state index contributed by atoms with van der Waals surface area (Å²) in [5.41, 5.74) is 4.95. The second kappa shape index (κ2) is 13.8. The van der Waals surface area contributed by atoms with Crippen LogP contribution in [-0.2, 0) is 20.9 Å². The first-order valence-corrected chi connectivity index (χ1v) is 14.0. The summed E-state index contributed by atoms with van der Waals surface area (Å²) in [5.74, 6) is -1.22. The van der Waals surface area contributed by atoms with Crippen LogP contribution in [0.15, 0.2) is 66.7 Å². The number of nitrogens with zero attached hydrogens (tertiary/aromatic N) is 3. The van der Waals surface area contributed by atoms with Crippen molar-refractivity contribution in [3.05, 3.63) is 95.1 Å². The van der Waals surface area contributed by atoms with Gasteiger partial charge in [0.1, 0.15) is 5.82 Å². The molecule has 0 N–H and O–H groups in total. The van der Waals surface area contributed by atoms with E-state index in [-0.39, 0.29) is 25.0 Å². The van der Waals surface area contributed by atoms with E-state index in [1.807, 2.05) is 61.5 Å².